The van der Waals surface area contributed by atoms with Crippen molar-refractivity contribution in [1.29, 1.82) is 0 Å². The summed E-state index contributed by atoms with van der Waals surface area (Å²) in [6, 6.07) is -0.165. The minimum atomic E-state index is -1.03. The van der Waals surface area contributed by atoms with Gasteiger partial charge in [0.1, 0.15) is 0 Å². The second kappa shape index (κ2) is 7.30. The minimum absolute atomic E-state index is 0.0565. The molecule has 110 valence electrons. The van der Waals surface area contributed by atoms with E-state index in [1.807, 2.05) is 21.0 Å². The van der Waals surface area contributed by atoms with Crippen molar-refractivity contribution in [2.24, 2.45) is 0 Å². The van der Waals surface area contributed by atoms with Crippen LogP contribution in [-0.4, -0.2) is 79.4 Å². The summed E-state index contributed by atoms with van der Waals surface area (Å²) in [6.45, 7) is 3.62. The van der Waals surface area contributed by atoms with Gasteiger partial charge in [-0.25, -0.2) is 9.59 Å². The maximum atomic E-state index is 12.0. The van der Waals surface area contributed by atoms with Gasteiger partial charge in [0, 0.05) is 12.6 Å². The van der Waals surface area contributed by atoms with Gasteiger partial charge in [-0.05, 0) is 34.0 Å². The number of nitrogens with zero attached hydrogens (tertiary/aromatic N) is 2. The van der Waals surface area contributed by atoms with E-state index < -0.39 is 12.1 Å². The van der Waals surface area contributed by atoms with Crippen LogP contribution in [0.1, 0.15) is 13.3 Å². The first-order chi connectivity index (χ1) is 8.90. The molecule has 0 bridgehead atoms. The maximum Gasteiger partial charge on any atom is 0.334 e. The van der Waals surface area contributed by atoms with E-state index in [-0.39, 0.29) is 25.2 Å². The highest BCUT2D eigenvalue weighted by Crippen LogP contribution is 2.06. The molecule has 0 aromatic heterocycles. The van der Waals surface area contributed by atoms with Crippen molar-refractivity contribution in [3.05, 3.63) is 0 Å². The van der Waals surface area contributed by atoms with Crippen molar-refractivity contribution in [2.45, 2.75) is 25.5 Å². The Bertz CT molecular complexity index is 322. The molecule has 7 nitrogen and oxygen atoms in total. The number of hydrogen-bond acceptors (Lipinski definition) is 4. The molecule has 0 aliphatic carbocycles. The van der Waals surface area contributed by atoms with Gasteiger partial charge in [-0.2, -0.15) is 0 Å². The molecule has 0 aromatic rings. The Hall–Kier alpha value is -1.34. The zero-order chi connectivity index (χ0) is 14.4. The minimum Gasteiger partial charge on any atom is -0.479 e. The van der Waals surface area contributed by atoms with Crippen LogP contribution in [0.4, 0.5) is 4.79 Å². The first kappa shape index (κ1) is 15.7. The second-order valence-electron chi connectivity index (χ2n) is 5.09. The SMILES string of the molecule is CC(CCN(C)C)NC(=O)N1CCOC(C(=O)O)C1. The topological polar surface area (TPSA) is 82.1 Å². The number of amides is 2. The third-order valence-electron chi connectivity index (χ3n) is 3.01. The predicted octanol–water partition coefficient (Wildman–Crippen LogP) is -0.178. The molecule has 2 atom stereocenters. The molecule has 1 aliphatic heterocycles. The van der Waals surface area contributed by atoms with Crippen LogP contribution in [-0.2, 0) is 9.53 Å². The highest BCUT2D eigenvalue weighted by molar-refractivity contribution is 5.77. The Morgan fingerprint density at radius 1 is 1.53 bits per heavy atom. The summed E-state index contributed by atoms with van der Waals surface area (Å²) in [5.74, 6) is -1.03. The van der Waals surface area contributed by atoms with Crippen LogP contribution in [0.3, 0.4) is 0 Å². The van der Waals surface area contributed by atoms with E-state index in [2.05, 4.69) is 10.2 Å². The summed E-state index contributed by atoms with van der Waals surface area (Å²) < 4.78 is 5.08. The number of rotatable bonds is 5. The summed E-state index contributed by atoms with van der Waals surface area (Å²) in [4.78, 5) is 26.4. The van der Waals surface area contributed by atoms with Crippen LogP contribution < -0.4 is 5.32 Å². The number of carboxylic acids is 1. The molecule has 0 saturated carbocycles. The lowest BCUT2D eigenvalue weighted by molar-refractivity contribution is -0.154. The standard InChI is InChI=1S/C12H23N3O4/c1-9(4-5-14(2)3)13-12(18)15-6-7-19-10(8-15)11(16)17/h9-10H,4-8H2,1-3H3,(H,13,18)(H,16,17). The summed E-state index contributed by atoms with van der Waals surface area (Å²) >= 11 is 0. The number of aliphatic carboxylic acids is 1. The van der Waals surface area contributed by atoms with Gasteiger partial charge in [0.25, 0.3) is 0 Å². The molecule has 1 heterocycles. The lowest BCUT2D eigenvalue weighted by atomic mass is 10.2. The van der Waals surface area contributed by atoms with Gasteiger partial charge < -0.3 is 25.0 Å². The van der Waals surface area contributed by atoms with Crippen LogP contribution in [0.2, 0.25) is 0 Å². The number of ether oxygens (including phenoxy) is 1. The van der Waals surface area contributed by atoms with Crippen LogP contribution >= 0.6 is 0 Å². The fourth-order valence-electron chi connectivity index (χ4n) is 1.81. The number of carbonyl (C=O) groups excluding carboxylic acids is 1. The molecule has 0 spiro atoms. The number of nitrogens with one attached hydrogen (secondary N) is 1. The van der Waals surface area contributed by atoms with Crippen molar-refractivity contribution in [3.63, 3.8) is 0 Å². The van der Waals surface area contributed by atoms with Crippen molar-refractivity contribution in [2.75, 3.05) is 40.3 Å². The highest BCUT2D eigenvalue weighted by Gasteiger charge is 2.29. The van der Waals surface area contributed by atoms with Gasteiger partial charge in [-0.15, -0.1) is 0 Å². The number of morpholine rings is 1. The van der Waals surface area contributed by atoms with Crippen molar-refractivity contribution >= 4 is 12.0 Å². The summed E-state index contributed by atoms with van der Waals surface area (Å²) in [6.07, 6.45) is -0.0672. The molecule has 19 heavy (non-hydrogen) atoms. The number of urea groups is 1. The van der Waals surface area contributed by atoms with Crippen LogP contribution in [0.25, 0.3) is 0 Å². The smallest absolute Gasteiger partial charge is 0.334 e. The van der Waals surface area contributed by atoms with Gasteiger partial charge in [0.15, 0.2) is 6.10 Å². The van der Waals surface area contributed by atoms with Crippen molar-refractivity contribution in [1.82, 2.24) is 15.1 Å². The van der Waals surface area contributed by atoms with Crippen LogP contribution in [0.5, 0.6) is 0 Å². The van der Waals surface area contributed by atoms with Crippen LogP contribution in [0, 0.1) is 0 Å². The normalized spacial score (nSPS) is 21.3. The maximum absolute atomic E-state index is 12.0. The second-order valence-corrected chi connectivity index (χ2v) is 5.09. The molecule has 0 radical (unpaired) electrons. The van der Waals surface area contributed by atoms with E-state index in [4.69, 9.17) is 9.84 Å². The first-order valence-corrected chi connectivity index (χ1v) is 6.44. The largest absolute Gasteiger partial charge is 0.479 e. The fraction of sp³-hybridized carbons (Fsp3) is 0.833. The van der Waals surface area contributed by atoms with E-state index in [1.165, 1.54) is 4.90 Å². The Kier molecular flexibility index (Phi) is 6.04. The number of carboxylic acid groups (broad SMARTS) is 1. The molecule has 0 aromatic carbocycles. The zero-order valence-electron chi connectivity index (χ0n) is 11.8. The predicted molar refractivity (Wildman–Crippen MR) is 70.1 cm³/mol. The average Bonchev–Trinajstić information content (AvgIpc) is 2.36. The van der Waals surface area contributed by atoms with E-state index in [0.717, 1.165) is 13.0 Å². The quantitative estimate of drug-likeness (QED) is 0.726. The molecule has 1 fully saturated rings. The van der Waals surface area contributed by atoms with E-state index >= 15 is 0 Å². The average molecular weight is 273 g/mol. The van der Waals surface area contributed by atoms with Gasteiger partial charge in [0.05, 0.1) is 13.2 Å². The number of hydrogen-bond donors (Lipinski definition) is 2. The lowest BCUT2D eigenvalue weighted by Gasteiger charge is -2.32. The molecule has 1 saturated heterocycles. The summed E-state index contributed by atoms with van der Waals surface area (Å²) in [5, 5.41) is 11.8. The van der Waals surface area contributed by atoms with E-state index in [1.54, 1.807) is 0 Å². The Morgan fingerprint density at radius 2 is 2.21 bits per heavy atom. The van der Waals surface area contributed by atoms with Gasteiger partial charge >= 0.3 is 12.0 Å². The highest BCUT2D eigenvalue weighted by atomic mass is 16.5. The third kappa shape index (κ3) is 5.44. The van der Waals surface area contributed by atoms with Gasteiger partial charge in [-0.1, -0.05) is 0 Å². The Balaban J connectivity index is 2.38. The summed E-state index contributed by atoms with van der Waals surface area (Å²) in [5.41, 5.74) is 0. The van der Waals surface area contributed by atoms with Crippen molar-refractivity contribution < 1.29 is 19.4 Å². The van der Waals surface area contributed by atoms with Gasteiger partial charge in [0.2, 0.25) is 0 Å². The molecule has 2 unspecified atom stereocenters. The van der Waals surface area contributed by atoms with E-state index in [9.17, 15) is 9.59 Å². The Morgan fingerprint density at radius 3 is 2.79 bits per heavy atom. The zero-order valence-corrected chi connectivity index (χ0v) is 11.8. The molecule has 7 heteroatoms. The lowest BCUT2D eigenvalue weighted by Crippen LogP contribution is -2.53. The Labute approximate surface area is 113 Å². The molecule has 1 rings (SSSR count). The molecule has 1 aliphatic rings. The third-order valence-corrected chi connectivity index (χ3v) is 3.01. The van der Waals surface area contributed by atoms with Crippen molar-refractivity contribution in [3.8, 4) is 0 Å². The van der Waals surface area contributed by atoms with E-state index in [0.29, 0.717) is 6.54 Å². The number of carbonyl (C=O) groups is 2. The summed E-state index contributed by atoms with van der Waals surface area (Å²) in [7, 11) is 3.96. The van der Waals surface area contributed by atoms with Crippen LogP contribution in [0.15, 0.2) is 0 Å². The molecular weight excluding hydrogens is 250 g/mol. The first-order valence-electron chi connectivity index (χ1n) is 6.44. The van der Waals surface area contributed by atoms with Gasteiger partial charge in [-0.3, -0.25) is 0 Å². The molecule has 2 N–H and O–H groups in total. The monoisotopic (exact) mass is 273 g/mol. The fourth-order valence-corrected chi connectivity index (χ4v) is 1.81. The molecule has 2 amide bonds. The molecular formula is C12H23N3O4.